The van der Waals surface area contributed by atoms with Crippen LogP contribution in [0.25, 0.3) is 0 Å². The van der Waals surface area contributed by atoms with Crippen molar-refractivity contribution in [1.29, 1.82) is 0 Å². The molecule has 0 heterocycles. The zero-order valence-electron chi connectivity index (χ0n) is 5.74. The molecule has 0 aromatic rings. The maximum Gasteiger partial charge on any atom is 0.0463 e. The molecule has 0 fully saturated rings. The van der Waals surface area contributed by atoms with E-state index in [1.165, 1.54) is 0 Å². The Labute approximate surface area is 70.9 Å². The average molecular weight is 193 g/mol. The van der Waals surface area contributed by atoms with Gasteiger partial charge in [-0.3, -0.25) is 0 Å². The Kier molecular flexibility index (Phi) is 15.6. The van der Waals surface area contributed by atoms with E-state index in [2.05, 4.69) is 13.8 Å². The molecule has 0 saturated heterocycles. The van der Waals surface area contributed by atoms with Crippen LogP contribution in [0, 0.1) is 0 Å². The fourth-order valence-corrected chi connectivity index (χ4v) is 0.391. The van der Waals surface area contributed by atoms with Crippen LogP contribution >= 0.6 is 0 Å². The first-order valence-corrected chi connectivity index (χ1v) is 2.99. The average Bonchev–Trinajstić information content (AvgIpc) is 1.69. The van der Waals surface area contributed by atoms with E-state index in [-0.39, 0.29) is 26.2 Å². The van der Waals surface area contributed by atoms with Crippen LogP contribution in [-0.4, -0.2) is 13.2 Å². The molecule has 1 nitrogen and oxygen atoms in total. The van der Waals surface area contributed by atoms with Crippen molar-refractivity contribution >= 4 is 0 Å². The minimum Gasteiger partial charge on any atom is -0.381 e. The van der Waals surface area contributed by atoms with E-state index in [1.54, 1.807) is 0 Å². The van der Waals surface area contributed by atoms with E-state index >= 15 is 0 Å². The molecule has 0 spiro atoms. The van der Waals surface area contributed by atoms with Gasteiger partial charge in [0, 0.05) is 39.4 Å². The second-order valence-electron chi connectivity index (χ2n) is 1.61. The summed E-state index contributed by atoms with van der Waals surface area (Å²) in [5.41, 5.74) is 0. The van der Waals surface area contributed by atoms with Crippen LogP contribution in [0.5, 0.6) is 0 Å². The maximum atomic E-state index is 5.13. The second-order valence-corrected chi connectivity index (χ2v) is 1.61. The van der Waals surface area contributed by atoms with Gasteiger partial charge in [-0.05, 0) is 12.8 Å². The molecule has 0 unspecified atom stereocenters. The largest absolute Gasteiger partial charge is 0.381 e. The Hall–Kier alpha value is 0.843. The molecule has 0 amide bonds. The van der Waals surface area contributed by atoms with Gasteiger partial charge in [-0.1, -0.05) is 13.8 Å². The van der Waals surface area contributed by atoms with Crippen molar-refractivity contribution in [2.75, 3.05) is 13.2 Å². The molecule has 2 heteroatoms. The monoisotopic (exact) mass is 192 g/mol. The van der Waals surface area contributed by atoms with Gasteiger partial charge in [-0.25, -0.2) is 0 Å². The first kappa shape index (κ1) is 11.6. The predicted octanol–water partition coefficient (Wildman–Crippen LogP) is 1.82. The van der Waals surface area contributed by atoms with Crippen LogP contribution in [-0.2, 0) is 30.9 Å². The zero-order valence-corrected chi connectivity index (χ0v) is 8.19. The van der Waals surface area contributed by atoms with Gasteiger partial charge in [0.2, 0.25) is 0 Å². The molecule has 0 rings (SSSR count). The van der Waals surface area contributed by atoms with Crippen molar-refractivity contribution in [1.82, 2.24) is 0 Å². The summed E-state index contributed by atoms with van der Waals surface area (Å²) in [4.78, 5) is 0. The van der Waals surface area contributed by atoms with Gasteiger partial charge >= 0.3 is 0 Å². The van der Waals surface area contributed by atoms with E-state index in [0.717, 1.165) is 26.1 Å². The molecule has 0 aromatic heterocycles. The van der Waals surface area contributed by atoms with E-state index in [1.807, 2.05) is 0 Å². The molecule has 8 heavy (non-hydrogen) atoms. The van der Waals surface area contributed by atoms with Crippen molar-refractivity contribution in [3.63, 3.8) is 0 Å². The summed E-state index contributed by atoms with van der Waals surface area (Å²) in [5.74, 6) is 0. The molecule has 0 aliphatic carbocycles. The molecule has 0 aliphatic rings. The van der Waals surface area contributed by atoms with Crippen molar-refractivity contribution in [2.24, 2.45) is 0 Å². The molecule has 0 saturated carbocycles. The number of rotatable bonds is 4. The summed E-state index contributed by atoms with van der Waals surface area (Å²) in [6.07, 6.45) is 2.28. The van der Waals surface area contributed by atoms with Crippen LogP contribution in [0.3, 0.4) is 0 Å². The number of hydrogen-bond acceptors (Lipinski definition) is 1. The SMILES string of the molecule is CCCOCCC.[Zr]. The quantitative estimate of drug-likeness (QED) is 0.619. The van der Waals surface area contributed by atoms with E-state index in [4.69, 9.17) is 4.74 Å². The summed E-state index contributed by atoms with van der Waals surface area (Å²) in [5, 5.41) is 0. The summed E-state index contributed by atoms with van der Waals surface area (Å²) in [6.45, 7) is 6.09. The van der Waals surface area contributed by atoms with E-state index < -0.39 is 0 Å². The van der Waals surface area contributed by atoms with E-state index in [9.17, 15) is 0 Å². The first-order chi connectivity index (χ1) is 3.41. The van der Waals surface area contributed by atoms with Crippen molar-refractivity contribution in [2.45, 2.75) is 26.7 Å². The fourth-order valence-electron chi connectivity index (χ4n) is 0.391. The minimum absolute atomic E-state index is 0. The Morgan fingerprint density at radius 1 is 1.00 bits per heavy atom. The van der Waals surface area contributed by atoms with Gasteiger partial charge in [0.25, 0.3) is 0 Å². The van der Waals surface area contributed by atoms with E-state index in [0.29, 0.717) is 0 Å². The molecule has 0 bridgehead atoms. The summed E-state index contributed by atoms with van der Waals surface area (Å²) in [6, 6.07) is 0. The van der Waals surface area contributed by atoms with Gasteiger partial charge in [-0.2, -0.15) is 0 Å². The Balaban J connectivity index is 0. The molecular formula is C6H14OZr. The second kappa shape index (κ2) is 10.8. The third kappa shape index (κ3) is 9.96. The Bertz CT molecular complexity index is 27.7. The zero-order chi connectivity index (χ0) is 5.54. The van der Waals surface area contributed by atoms with Crippen LogP contribution in [0.1, 0.15) is 26.7 Å². The Morgan fingerprint density at radius 2 is 1.38 bits per heavy atom. The van der Waals surface area contributed by atoms with Gasteiger partial charge in [0.1, 0.15) is 0 Å². The van der Waals surface area contributed by atoms with Gasteiger partial charge in [-0.15, -0.1) is 0 Å². The van der Waals surface area contributed by atoms with Crippen molar-refractivity contribution in [3.05, 3.63) is 0 Å². The number of hydrogen-bond donors (Lipinski definition) is 0. The summed E-state index contributed by atoms with van der Waals surface area (Å²) in [7, 11) is 0. The van der Waals surface area contributed by atoms with Gasteiger partial charge in [0.05, 0.1) is 0 Å². The third-order valence-corrected chi connectivity index (χ3v) is 0.697. The van der Waals surface area contributed by atoms with Crippen molar-refractivity contribution < 1.29 is 30.9 Å². The predicted molar refractivity (Wildman–Crippen MR) is 31.4 cm³/mol. The van der Waals surface area contributed by atoms with Crippen LogP contribution in [0.15, 0.2) is 0 Å². The summed E-state index contributed by atoms with van der Waals surface area (Å²) < 4.78 is 5.13. The maximum absolute atomic E-state index is 5.13. The van der Waals surface area contributed by atoms with Gasteiger partial charge < -0.3 is 4.74 Å². The smallest absolute Gasteiger partial charge is 0.0463 e. The molecule has 0 radical (unpaired) electrons. The number of ether oxygens (including phenoxy) is 1. The molecule has 0 aromatic carbocycles. The summed E-state index contributed by atoms with van der Waals surface area (Å²) >= 11 is 0. The van der Waals surface area contributed by atoms with Gasteiger partial charge in [0.15, 0.2) is 0 Å². The molecule has 0 aliphatic heterocycles. The van der Waals surface area contributed by atoms with Crippen LogP contribution < -0.4 is 0 Å². The molecule has 48 valence electrons. The normalized spacial score (nSPS) is 8.25. The minimum atomic E-state index is 0. The third-order valence-electron chi connectivity index (χ3n) is 0.697. The molecular weight excluding hydrogens is 179 g/mol. The first-order valence-electron chi connectivity index (χ1n) is 2.99. The molecule has 0 N–H and O–H groups in total. The van der Waals surface area contributed by atoms with Crippen LogP contribution in [0.4, 0.5) is 0 Å². The van der Waals surface area contributed by atoms with Crippen molar-refractivity contribution in [3.8, 4) is 0 Å². The topological polar surface area (TPSA) is 9.23 Å². The van der Waals surface area contributed by atoms with Crippen LogP contribution in [0.2, 0.25) is 0 Å². The molecule has 0 atom stereocenters. The fraction of sp³-hybridized carbons (Fsp3) is 1.00. The Morgan fingerprint density at radius 3 is 1.62 bits per heavy atom. The standard InChI is InChI=1S/C6H14O.Zr/c1-3-5-7-6-4-2;/h3-6H2,1-2H3;.